The quantitative estimate of drug-likeness (QED) is 0.162. The van der Waals surface area contributed by atoms with Crippen LogP contribution in [0.2, 0.25) is 0 Å². The minimum absolute atomic E-state index is 0.0224. The topological polar surface area (TPSA) is 3.24 Å². The van der Waals surface area contributed by atoms with E-state index in [2.05, 4.69) is 246 Å². The molecule has 0 N–H and O–H groups in total. The molecule has 0 atom stereocenters. The van der Waals surface area contributed by atoms with Crippen LogP contribution in [0.15, 0.2) is 206 Å². The van der Waals surface area contributed by atoms with Crippen LogP contribution < -0.4 is 4.90 Å². The summed E-state index contributed by atoms with van der Waals surface area (Å²) in [5.74, 6) is 0. The number of nitrogens with zero attached hydrogens (tertiary/aromatic N) is 1. The zero-order valence-corrected chi connectivity index (χ0v) is 36.1. The van der Waals surface area contributed by atoms with Crippen LogP contribution in [0.25, 0.3) is 76.8 Å². The lowest BCUT2D eigenvalue weighted by Gasteiger charge is -2.32. The van der Waals surface area contributed by atoms with Crippen LogP contribution in [-0.4, -0.2) is 0 Å². The van der Waals surface area contributed by atoms with Crippen LogP contribution in [0.1, 0.15) is 51.3 Å². The summed E-state index contributed by atoms with van der Waals surface area (Å²) in [5.41, 5.74) is 17.5. The van der Waals surface area contributed by atoms with E-state index in [4.69, 9.17) is 0 Å². The van der Waals surface area contributed by atoms with Crippen molar-refractivity contribution in [1.82, 2.24) is 0 Å². The predicted octanol–water partition coefficient (Wildman–Crippen LogP) is 17.2. The maximum absolute atomic E-state index is 2.50. The highest BCUT2D eigenvalue weighted by Gasteiger charge is 2.40. The van der Waals surface area contributed by atoms with Gasteiger partial charge in [-0.2, -0.15) is 0 Å². The van der Waals surface area contributed by atoms with Crippen LogP contribution >= 0.6 is 0 Å². The van der Waals surface area contributed by atoms with E-state index in [0.29, 0.717) is 0 Å². The molecular formula is C61H49N. The summed E-state index contributed by atoms with van der Waals surface area (Å²) in [7, 11) is 0. The van der Waals surface area contributed by atoms with Crippen LogP contribution in [-0.2, 0) is 10.8 Å². The highest BCUT2D eigenvalue weighted by atomic mass is 15.1. The average molecular weight is 796 g/mol. The number of para-hydroxylation sites is 1. The van der Waals surface area contributed by atoms with Crippen molar-refractivity contribution in [2.24, 2.45) is 0 Å². The third kappa shape index (κ3) is 6.06. The summed E-state index contributed by atoms with van der Waals surface area (Å²) >= 11 is 0. The van der Waals surface area contributed by atoms with Crippen molar-refractivity contribution in [2.75, 3.05) is 4.90 Å². The lowest BCUT2D eigenvalue weighted by atomic mass is 9.74. The predicted molar refractivity (Wildman–Crippen MR) is 266 cm³/mol. The molecule has 0 radical (unpaired) electrons. The number of hydrogen-bond donors (Lipinski definition) is 0. The Morgan fingerprint density at radius 2 is 0.855 bits per heavy atom. The maximum Gasteiger partial charge on any atom is 0.0540 e. The Balaban J connectivity index is 1.12. The number of benzene rings is 10. The first-order chi connectivity index (χ1) is 30.2. The van der Waals surface area contributed by atoms with Gasteiger partial charge in [0.1, 0.15) is 0 Å². The van der Waals surface area contributed by atoms with Crippen molar-refractivity contribution in [1.29, 1.82) is 0 Å². The second kappa shape index (κ2) is 14.5. The van der Waals surface area contributed by atoms with Gasteiger partial charge in [0.2, 0.25) is 0 Å². The Kier molecular flexibility index (Phi) is 8.81. The van der Waals surface area contributed by atoms with Crippen LogP contribution in [0, 0.1) is 0 Å². The first kappa shape index (κ1) is 37.8. The van der Waals surface area contributed by atoms with Gasteiger partial charge in [-0.15, -0.1) is 0 Å². The van der Waals surface area contributed by atoms with Gasteiger partial charge in [-0.1, -0.05) is 211 Å². The van der Waals surface area contributed by atoms with E-state index in [1.165, 1.54) is 93.5 Å². The second-order valence-corrected chi connectivity index (χ2v) is 18.5. The molecule has 11 rings (SSSR count). The third-order valence-electron chi connectivity index (χ3n) is 13.4. The fraction of sp³-hybridized carbons (Fsp3) is 0.115. The lowest BCUT2D eigenvalue weighted by Crippen LogP contribution is -2.23. The lowest BCUT2D eigenvalue weighted by molar-refractivity contribution is 0.556. The normalized spacial score (nSPS) is 13.0. The fourth-order valence-electron chi connectivity index (χ4n) is 10.5. The molecule has 0 aromatic heterocycles. The van der Waals surface area contributed by atoms with Gasteiger partial charge in [0.25, 0.3) is 0 Å². The standard InChI is InChI=1S/C61H49N/c1-60(2,3)56-32-17-31-55-53-35-34-44(39-57(53)61(4,5)59(55)56)62(58-33-13-12-28-54(58)50-30-16-21-41-19-7-9-25-46(41)50)43-23-14-22-42(38-43)47-36-37-52(51-27-11-10-26-48(47)51)49-29-15-20-40-18-6-8-24-45(40)49/h6-39H,1-5H3. The SMILES string of the molecule is CC(C)(C)c1cccc2c1C(C)(C)c1cc(N(c3cccc(-c4ccc(-c5cccc6ccccc56)c5ccccc45)c3)c3ccccc3-c3cccc4ccccc34)ccc1-2. The van der Waals surface area contributed by atoms with Crippen molar-refractivity contribution < 1.29 is 0 Å². The van der Waals surface area contributed by atoms with Crippen molar-refractivity contribution >= 4 is 49.4 Å². The minimum atomic E-state index is -0.183. The number of hydrogen-bond acceptors (Lipinski definition) is 1. The monoisotopic (exact) mass is 795 g/mol. The Morgan fingerprint density at radius 1 is 0.371 bits per heavy atom. The molecule has 0 fully saturated rings. The van der Waals surface area contributed by atoms with Gasteiger partial charge < -0.3 is 4.90 Å². The summed E-state index contributed by atoms with van der Waals surface area (Å²) in [6, 6.07) is 76.5. The molecule has 1 nitrogen and oxygen atoms in total. The fourth-order valence-corrected chi connectivity index (χ4v) is 10.5. The summed E-state index contributed by atoms with van der Waals surface area (Å²) in [5, 5.41) is 7.49. The molecule has 1 aliphatic rings. The first-order valence-corrected chi connectivity index (χ1v) is 21.9. The Morgan fingerprint density at radius 3 is 1.56 bits per heavy atom. The Hall–Kier alpha value is -7.22. The molecule has 0 aliphatic heterocycles. The molecule has 0 amide bonds. The van der Waals surface area contributed by atoms with Crippen LogP contribution in [0.4, 0.5) is 17.1 Å². The molecule has 0 saturated heterocycles. The summed E-state index contributed by atoms with van der Waals surface area (Å²) in [4.78, 5) is 2.50. The molecule has 0 spiro atoms. The zero-order chi connectivity index (χ0) is 42.2. The minimum Gasteiger partial charge on any atom is -0.310 e. The van der Waals surface area contributed by atoms with E-state index in [0.717, 1.165) is 17.1 Å². The summed E-state index contributed by atoms with van der Waals surface area (Å²) in [6.45, 7) is 11.8. The van der Waals surface area contributed by atoms with E-state index in [-0.39, 0.29) is 10.8 Å². The summed E-state index contributed by atoms with van der Waals surface area (Å²) in [6.07, 6.45) is 0. The number of anilines is 3. The van der Waals surface area contributed by atoms with E-state index in [9.17, 15) is 0 Å². The molecule has 0 bridgehead atoms. The van der Waals surface area contributed by atoms with Crippen molar-refractivity contribution in [3.63, 3.8) is 0 Å². The van der Waals surface area contributed by atoms with Gasteiger partial charge in [0, 0.05) is 22.4 Å². The van der Waals surface area contributed by atoms with Gasteiger partial charge >= 0.3 is 0 Å². The van der Waals surface area contributed by atoms with Crippen molar-refractivity contribution in [3.8, 4) is 44.5 Å². The first-order valence-electron chi connectivity index (χ1n) is 21.9. The van der Waals surface area contributed by atoms with Gasteiger partial charge in [0.05, 0.1) is 5.69 Å². The highest BCUT2D eigenvalue weighted by molar-refractivity contribution is 6.10. The van der Waals surface area contributed by atoms with Crippen LogP contribution in [0.3, 0.4) is 0 Å². The molecule has 0 saturated carbocycles. The smallest absolute Gasteiger partial charge is 0.0540 e. The molecule has 1 heteroatoms. The Bertz CT molecular complexity index is 3370. The Labute approximate surface area is 365 Å². The average Bonchev–Trinajstić information content (AvgIpc) is 3.53. The molecule has 0 unspecified atom stereocenters. The van der Waals surface area contributed by atoms with Crippen molar-refractivity contribution in [3.05, 3.63) is 223 Å². The van der Waals surface area contributed by atoms with Gasteiger partial charge in [-0.05, 0) is 124 Å². The molecule has 1 aliphatic carbocycles. The molecule has 62 heavy (non-hydrogen) atoms. The largest absolute Gasteiger partial charge is 0.310 e. The van der Waals surface area contributed by atoms with Crippen molar-refractivity contribution in [2.45, 2.75) is 45.4 Å². The molecule has 298 valence electrons. The van der Waals surface area contributed by atoms with E-state index < -0.39 is 0 Å². The maximum atomic E-state index is 2.50. The highest BCUT2D eigenvalue weighted by Crippen LogP contribution is 2.54. The van der Waals surface area contributed by atoms with Crippen LogP contribution in [0.5, 0.6) is 0 Å². The van der Waals surface area contributed by atoms with E-state index >= 15 is 0 Å². The molecular weight excluding hydrogens is 747 g/mol. The summed E-state index contributed by atoms with van der Waals surface area (Å²) < 4.78 is 0. The molecule has 10 aromatic carbocycles. The molecule has 10 aromatic rings. The zero-order valence-electron chi connectivity index (χ0n) is 36.1. The van der Waals surface area contributed by atoms with Gasteiger partial charge in [0.15, 0.2) is 0 Å². The molecule has 0 heterocycles. The number of fused-ring (bicyclic) bond motifs is 6. The van der Waals surface area contributed by atoms with Gasteiger partial charge in [-0.3, -0.25) is 0 Å². The van der Waals surface area contributed by atoms with E-state index in [1.807, 2.05) is 0 Å². The van der Waals surface area contributed by atoms with Gasteiger partial charge in [-0.25, -0.2) is 0 Å². The third-order valence-corrected chi connectivity index (χ3v) is 13.4. The number of rotatable bonds is 6. The second-order valence-electron chi connectivity index (χ2n) is 18.5. The van der Waals surface area contributed by atoms with E-state index in [1.54, 1.807) is 0 Å².